The van der Waals surface area contributed by atoms with Gasteiger partial charge in [-0.15, -0.1) is 12.4 Å². The molecule has 1 atom stereocenters. The van der Waals surface area contributed by atoms with Crippen LogP contribution in [0.15, 0.2) is 22.9 Å². The van der Waals surface area contributed by atoms with E-state index in [0.717, 1.165) is 0 Å². The van der Waals surface area contributed by atoms with Gasteiger partial charge in [0.25, 0.3) is 0 Å². The monoisotopic (exact) mass is 154 g/mol. The third-order valence-corrected chi connectivity index (χ3v) is 1.05. The van der Waals surface area contributed by atoms with Gasteiger partial charge in [-0.1, -0.05) is 12.1 Å². The maximum absolute atomic E-state index is 2.04. The molecule has 1 aromatic heterocycles. The normalized spacial score (nSPS) is 5.71. The second-order valence-corrected chi connectivity index (χ2v) is 1.61. The van der Waals surface area contributed by atoms with Crippen molar-refractivity contribution < 1.29 is 0 Å². The molecule has 0 saturated heterocycles. The van der Waals surface area contributed by atoms with E-state index in [1.807, 2.05) is 22.9 Å². The van der Waals surface area contributed by atoms with Gasteiger partial charge in [0, 0.05) is 0 Å². The SMILES string of the molecule is Cl.P.c1ccsc1. The second-order valence-electron chi connectivity index (χ2n) is 0.793. The average molecular weight is 155 g/mol. The Balaban J connectivity index is 0. The first kappa shape index (κ1) is 10.4. The first-order chi connectivity index (χ1) is 2.50. The summed E-state index contributed by atoms with van der Waals surface area (Å²) in [5.41, 5.74) is 0. The molecule has 3 heteroatoms. The largest absolute Gasteiger partial charge is 0.153 e. The van der Waals surface area contributed by atoms with Crippen molar-refractivity contribution in [3.63, 3.8) is 0 Å². The van der Waals surface area contributed by atoms with E-state index in [9.17, 15) is 0 Å². The number of thiophene rings is 1. The number of hydrogen-bond donors (Lipinski definition) is 0. The lowest BCUT2D eigenvalue weighted by Crippen LogP contribution is -1.16. The summed E-state index contributed by atoms with van der Waals surface area (Å²) in [4.78, 5) is 0. The Morgan fingerprint density at radius 1 is 1.00 bits per heavy atom. The molecule has 1 rings (SSSR count). The van der Waals surface area contributed by atoms with Crippen molar-refractivity contribution in [3.05, 3.63) is 22.9 Å². The van der Waals surface area contributed by atoms with Crippen LogP contribution in [0.4, 0.5) is 0 Å². The quantitative estimate of drug-likeness (QED) is 0.503. The number of rotatable bonds is 0. The molecule has 0 fully saturated rings. The van der Waals surface area contributed by atoms with E-state index in [1.165, 1.54) is 0 Å². The van der Waals surface area contributed by atoms with Crippen molar-refractivity contribution in [2.45, 2.75) is 0 Å². The van der Waals surface area contributed by atoms with Crippen molar-refractivity contribution in [2.75, 3.05) is 0 Å². The Bertz CT molecular complexity index is 68.2. The highest BCUT2D eigenvalue weighted by Gasteiger charge is 1.58. The maximum atomic E-state index is 2.04. The molecule has 0 aliphatic carbocycles. The molecule has 0 spiro atoms. The molecule has 1 heterocycles. The van der Waals surface area contributed by atoms with E-state index in [-0.39, 0.29) is 22.3 Å². The first-order valence-electron chi connectivity index (χ1n) is 1.47. The molecule has 0 nitrogen and oxygen atoms in total. The van der Waals surface area contributed by atoms with Crippen LogP contribution in [0.25, 0.3) is 0 Å². The predicted molar refractivity (Wildman–Crippen MR) is 42.7 cm³/mol. The molecule has 7 heavy (non-hydrogen) atoms. The summed E-state index contributed by atoms with van der Waals surface area (Å²) in [7, 11) is 0. The molecule has 1 unspecified atom stereocenters. The summed E-state index contributed by atoms with van der Waals surface area (Å²) in [5, 5.41) is 4.08. The molecule has 1 aromatic rings. The van der Waals surface area contributed by atoms with Gasteiger partial charge in [0.2, 0.25) is 0 Å². The lowest BCUT2D eigenvalue weighted by molar-refractivity contribution is 2.03. The smallest absolute Gasteiger partial charge is 0.00934 e. The summed E-state index contributed by atoms with van der Waals surface area (Å²) >= 11 is 1.71. The highest BCUT2D eigenvalue weighted by molar-refractivity contribution is 7.07. The van der Waals surface area contributed by atoms with Crippen molar-refractivity contribution in [2.24, 2.45) is 0 Å². The Kier molecular flexibility index (Phi) is 9.55. The van der Waals surface area contributed by atoms with Gasteiger partial charge >= 0.3 is 0 Å². The van der Waals surface area contributed by atoms with Crippen LogP contribution in [0.3, 0.4) is 0 Å². The third-order valence-electron chi connectivity index (χ3n) is 0.425. The highest BCUT2D eigenvalue weighted by Crippen LogP contribution is 1.91. The van der Waals surface area contributed by atoms with Gasteiger partial charge in [-0.05, 0) is 10.8 Å². The van der Waals surface area contributed by atoms with Crippen LogP contribution in [-0.4, -0.2) is 0 Å². The first-order valence-corrected chi connectivity index (χ1v) is 2.41. The minimum Gasteiger partial charge on any atom is -0.153 e. The van der Waals surface area contributed by atoms with E-state index in [2.05, 4.69) is 0 Å². The van der Waals surface area contributed by atoms with Gasteiger partial charge in [0.15, 0.2) is 0 Å². The zero-order valence-electron chi connectivity index (χ0n) is 3.83. The Hall–Kier alpha value is 0.420. The molecule has 0 N–H and O–H groups in total. The Morgan fingerprint density at radius 2 is 1.43 bits per heavy atom. The lowest BCUT2D eigenvalue weighted by atomic mass is 10.7. The van der Waals surface area contributed by atoms with Gasteiger partial charge in [0.05, 0.1) is 0 Å². The zero-order valence-corrected chi connectivity index (χ0v) is 6.88. The molecular formula is C4H8ClPS. The minimum atomic E-state index is 0. The summed E-state index contributed by atoms with van der Waals surface area (Å²) in [6, 6.07) is 4.04. The molecule has 0 radical (unpaired) electrons. The molecule has 0 bridgehead atoms. The predicted octanol–water partition coefficient (Wildman–Crippen LogP) is 2.23. The Labute approximate surface area is 57.0 Å². The second kappa shape index (κ2) is 6.42. The third kappa shape index (κ3) is 4.27. The maximum Gasteiger partial charge on any atom is -0.00934 e. The van der Waals surface area contributed by atoms with Crippen LogP contribution < -0.4 is 0 Å². The summed E-state index contributed by atoms with van der Waals surface area (Å²) in [6.45, 7) is 0. The van der Waals surface area contributed by atoms with E-state index in [1.54, 1.807) is 11.3 Å². The van der Waals surface area contributed by atoms with E-state index < -0.39 is 0 Å². The molecule has 0 aliphatic heterocycles. The minimum absolute atomic E-state index is 0. The molecule has 42 valence electrons. The number of hydrogen-bond acceptors (Lipinski definition) is 1. The van der Waals surface area contributed by atoms with Crippen LogP contribution in [0.1, 0.15) is 0 Å². The van der Waals surface area contributed by atoms with Crippen molar-refractivity contribution in [1.82, 2.24) is 0 Å². The topological polar surface area (TPSA) is 0 Å². The van der Waals surface area contributed by atoms with Gasteiger partial charge < -0.3 is 0 Å². The Morgan fingerprint density at radius 3 is 1.57 bits per heavy atom. The van der Waals surface area contributed by atoms with E-state index in [0.29, 0.717) is 0 Å². The van der Waals surface area contributed by atoms with Crippen LogP contribution in [0, 0.1) is 0 Å². The van der Waals surface area contributed by atoms with Crippen LogP contribution >= 0.6 is 33.6 Å². The summed E-state index contributed by atoms with van der Waals surface area (Å²) < 4.78 is 0. The average Bonchev–Trinajstić information content (AvgIpc) is 1.76. The summed E-state index contributed by atoms with van der Waals surface area (Å²) in [5.74, 6) is 0. The summed E-state index contributed by atoms with van der Waals surface area (Å²) in [6.07, 6.45) is 0. The molecule has 0 aromatic carbocycles. The van der Waals surface area contributed by atoms with Gasteiger partial charge in [-0.2, -0.15) is 21.2 Å². The van der Waals surface area contributed by atoms with E-state index >= 15 is 0 Å². The molecule has 0 amide bonds. The lowest BCUT2D eigenvalue weighted by Gasteiger charge is -1.39. The zero-order chi connectivity index (χ0) is 3.54. The van der Waals surface area contributed by atoms with Crippen molar-refractivity contribution in [3.8, 4) is 0 Å². The molecule has 0 aliphatic rings. The molecular weight excluding hydrogens is 147 g/mol. The van der Waals surface area contributed by atoms with Crippen LogP contribution in [0.5, 0.6) is 0 Å². The molecule has 0 saturated carbocycles. The standard InChI is InChI=1S/C4H4S.ClH.H3P/c1-2-4-5-3-1;;/h1-4H;1H;1H3. The van der Waals surface area contributed by atoms with Crippen molar-refractivity contribution >= 4 is 33.6 Å². The van der Waals surface area contributed by atoms with Gasteiger partial charge in [-0.3, -0.25) is 0 Å². The fourth-order valence-electron chi connectivity index (χ4n) is 0.227. The fraction of sp³-hybridized carbons (Fsp3) is 0. The van der Waals surface area contributed by atoms with Gasteiger partial charge in [0.1, 0.15) is 0 Å². The highest BCUT2D eigenvalue weighted by atomic mass is 35.5. The van der Waals surface area contributed by atoms with Crippen LogP contribution in [-0.2, 0) is 0 Å². The number of halogens is 1. The van der Waals surface area contributed by atoms with Crippen LogP contribution in [0.2, 0.25) is 0 Å². The van der Waals surface area contributed by atoms with Crippen molar-refractivity contribution in [1.29, 1.82) is 0 Å². The fourth-order valence-corrected chi connectivity index (χ4v) is 0.680. The van der Waals surface area contributed by atoms with E-state index in [4.69, 9.17) is 0 Å². The van der Waals surface area contributed by atoms with Gasteiger partial charge in [-0.25, -0.2) is 0 Å².